The van der Waals surface area contributed by atoms with Gasteiger partial charge >= 0.3 is 192 Å². The maximum atomic E-state index is 2.47. The van der Waals surface area contributed by atoms with Crippen molar-refractivity contribution in [2.24, 2.45) is 0 Å². The number of fused-ring (bicyclic) bond motifs is 2. The summed E-state index contributed by atoms with van der Waals surface area (Å²) in [4.78, 5) is 2.90. The van der Waals surface area contributed by atoms with E-state index in [9.17, 15) is 0 Å². The van der Waals surface area contributed by atoms with Gasteiger partial charge in [0.15, 0.2) is 0 Å². The number of hydrogen-bond donors (Lipinski definition) is 0. The largest absolute Gasteiger partial charge is 1.00 e. The first kappa shape index (κ1) is 22.9. The van der Waals surface area contributed by atoms with Crippen molar-refractivity contribution in [2.45, 2.75) is 7.35 Å². The summed E-state index contributed by atoms with van der Waals surface area (Å²) in [6.07, 6.45) is 4.93. The van der Waals surface area contributed by atoms with Crippen LogP contribution in [0.15, 0.2) is 83.6 Å². The van der Waals surface area contributed by atoms with Crippen LogP contribution in [0.4, 0.5) is 0 Å². The van der Waals surface area contributed by atoms with E-state index in [-0.39, 0.29) is 24.8 Å². The predicted molar refractivity (Wildman–Crippen MR) is 123 cm³/mol. The minimum absolute atomic E-state index is 0. The molecule has 0 saturated heterocycles. The number of hydrogen-bond acceptors (Lipinski definition) is 2. The summed E-state index contributed by atoms with van der Waals surface area (Å²) in [6, 6.07) is 27.1. The second-order valence-corrected chi connectivity index (χ2v) is 14.7. The van der Waals surface area contributed by atoms with E-state index in [1.54, 1.807) is 22.3 Å². The SMILES string of the molecule is C1=C(c2cccs2)[CH]([Hf+2][CH]2C(c3cccs3)=Cc3ccccc32)c2ccccc21.[Cl-].[Cl-]. The Hall–Kier alpha value is -1.23. The van der Waals surface area contributed by atoms with Crippen LogP contribution >= 0.6 is 22.7 Å². The quantitative estimate of drug-likeness (QED) is 0.298. The molecule has 0 spiro atoms. The van der Waals surface area contributed by atoms with Crippen molar-refractivity contribution in [3.8, 4) is 0 Å². The Morgan fingerprint density at radius 2 is 1.00 bits per heavy atom. The molecule has 2 aromatic carbocycles. The molecule has 0 saturated carbocycles. The molecule has 4 aromatic rings. The molecule has 0 amide bonds. The van der Waals surface area contributed by atoms with Gasteiger partial charge in [0, 0.05) is 0 Å². The first-order chi connectivity index (χ1) is 14.4. The minimum atomic E-state index is -1.17. The van der Waals surface area contributed by atoms with Gasteiger partial charge in [-0.2, -0.15) is 0 Å². The van der Waals surface area contributed by atoms with E-state index in [0.717, 1.165) is 0 Å². The van der Waals surface area contributed by atoms with Crippen LogP contribution in [-0.2, 0) is 22.9 Å². The zero-order valence-electron chi connectivity index (χ0n) is 16.5. The van der Waals surface area contributed by atoms with Gasteiger partial charge in [0.05, 0.1) is 0 Å². The van der Waals surface area contributed by atoms with E-state index < -0.39 is 22.9 Å². The first-order valence-corrected chi connectivity index (χ1v) is 15.7. The van der Waals surface area contributed by atoms with Crippen molar-refractivity contribution in [1.29, 1.82) is 0 Å². The molecular weight excluding hydrogens is 626 g/mol. The van der Waals surface area contributed by atoms with Crippen molar-refractivity contribution in [3.05, 3.63) is 116 Å². The molecule has 2 unspecified atom stereocenters. The average Bonchev–Trinajstić information content (AvgIpc) is 3.55. The third-order valence-corrected chi connectivity index (χ3v) is 14.5. The molecule has 31 heavy (non-hydrogen) atoms. The normalized spacial score (nSPS) is 18.1. The third kappa shape index (κ3) is 4.12. The van der Waals surface area contributed by atoms with Gasteiger partial charge in [0.1, 0.15) is 0 Å². The van der Waals surface area contributed by atoms with Crippen LogP contribution < -0.4 is 24.8 Å². The fourth-order valence-electron chi connectivity index (χ4n) is 4.49. The Kier molecular flexibility index (Phi) is 7.20. The molecule has 0 bridgehead atoms. The predicted octanol–water partition coefficient (Wildman–Crippen LogP) is 1.79. The Labute approximate surface area is 214 Å². The number of thiophene rings is 2. The number of allylic oxidation sites excluding steroid dienone is 2. The molecule has 0 N–H and O–H groups in total. The van der Waals surface area contributed by atoms with Gasteiger partial charge in [-0.25, -0.2) is 0 Å². The van der Waals surface area contributed by atoms with E-state index in [0.29, 0.717) is 7.35 Å². The molecule has 0 aliphatic heterocycles. The molecule has 0 nitrogen and oxygen atoms in total. The van der Waals surface area contributed by atoms with Gasteiger partial charge in [0.25, 0.3) is 0 Å². The summed E-state index contributed by atoms with van der Waals surface area (Å²) >= 11 is 2.61. The van der Waals surface area contributed by atoms with Gasteiger partial charge in [0.2, 0.25) is 0 Å². The summed E-state index contributed by atoms with van der Waals surface area (Å²) in [5.41, 5.74) is 9.13. The van der Waals surface area contributed by atoms with E-state index in [1.807, 2.05) is 22.7 Å². The first-order valence-electron chi connectivity index (χ1n) is 9.83. The summed E-state index contributed by atoms with van der Waals surface area (Å²) in [5.74, 6) is 0. The summed E-state index contributed by atoms with van der Waals surface area (Å²) < 4.78 is 1.26. The molecule has 2 aliphatic carbocycles. The fraction of sp³-hybridized carbons (Fsp3) is 0.0769. The van der Waals surface area contributed by atoms with Gasteiger partial charge in [-0.05, 0) is 0 Å². The molecule has 152 valence electrons. The Morgan fingerprint density at radius 1 is 0.548 bits per heavy atom. The smallest absolute Gasteiger partial charge is 1.00 e. The maximum absolute atomic E-state index is 2.47. The zero-order chi connectivity index (χ0) is 19.2. The molecule has 6 rings (SSSR count). The van der Waals surface area contributed by atoms with Gasteiger partial charge < -0.3 is 24.8 Å². The van der Waals surface area contributed by atoms with Crippen molar-refractivity contribution >= 4 is 46.0 Å². The monoisotopic (exact) mass is 644 g/mol. The van der Waals surface area contributed by atoms with Crippen molar-refractivity contribution < 1.29 is 47.7 Å². The van der Waals surface area contributed by atoms with Gasteiger partial charge in [-0.15, -0.1) is 0 Å². The molecule has 2 heterocycles. The number of halogens is 2. The van der Waals surface area contributed by atoms with Crippen LogP contribution in [0.5, 0.6) is 0 Å². The number of benzene rings is 2. The maximum Gasteiger partial charge on any atom is -1.00 e. The van der Waals surface area contributed by atoms with Crippen molar-refractivity contribution in [1.82, 2.24) is 0 Å². The van der Waals surface area contributed by atoms with Crippen LogP contribution in [0, 0.1) is 0 Å². The second-order valence-electron chi connectivity index (χ2n) is 7.44. The van der Waals surface area contributed by atoms with Crippen LogP contribution in [0.2, 0.25) is 0 Å². The van der Waals surface area contributed by atoms with Crippen LogP contribution in [0.1, 0.15) is 39.4 Å². The molecule has 2 aromatic heterocycles. The third-order valence-electron chi connectivity index (χ3n) is 5.80. The number of rotatable bonds is 4. The Balaban J connectivity index is 0.00000116. The minimum Gasteiger partial charge on any atom is -1.00 e. The molecule has 2 atom stereocenters. The van der Waals surface area contributed by atoms with Gasteiger partial charge in [-0.1, -0.05) is 0 Å². The Bertz CT molecular complexity index is 1140. The van der Waals surface area contributed by atoms with Crippen molar-refractivity contribution in [2.75, 3.05) is 0 Å². The van der Waals surface area contributed by atoms with E-state index in [2.05, 4.69) is 95.7 Å². The Morgan fingerprint density at radius 3 is 1.42 bits per heavy atom. The molecule has 2 aliphatic rings. The van der Waals surface area contributed by atoms with Crippen LogP contribution in [0.25, 0.3) is 23.3 Å². The molecule has 0 radical (unpaired) electrons. The van der Waals surface area contributed by atoms with Gasteiger partial charge in [-0.3, -0.25) is 0 Å². The average molecular weight is 644 g/mol. The van der Waals surface area contributed by atoms with Crippen LogP contribution in [0.3, 0.4) is 0 Å². The summed E-state index contributed by atoms with van der Waals surface area (Å²) in [7, 11) is 0. The molecule has 0 fully saturated rings. The standard InChI is InChI=1S/2C13H9S.2ClH.Hf/c2*1-2-5-11-9-12(8-10(11)4-1)13-6-3-7-14-13;;;/h2*1-9H;2*1H;/q;;;;+2/p-2. The molecular formula is C26H18Cl2HfS2. The van der Waals surface area contributed by atoms with Crippen LogP contribution in [-0.4, -0.2) is 0 Å². The van der Waals surface area contributed by atoms with E-state index in [4.69, 9.17) is 0 Å². The zero-order valence-corrected chi connectivity index (χ0v) is 23.2. The summed E-state index contributed by atoms with van der Waals surface area (Å²) in [6.45, 7) is 0. The topological polar surface area (TPSA) is 0 Å². The molecule has 5 heteroatoms. The second kappa shape index (κ2) is 9.72. The van der Waals surface area contributed by atoms with E-state index in [1.165, 1.54) is 20.9 Å². The summed E-state index contributed by atoms with van der Waals surface area (Å²) in [5, 5.41) is 4.43. The van der Waals surface area contributed by atoms with E-state index >= 15 is 0 Å². The fourth-order valence-corrected chi connectivity index (χ4v) is 14.2. The van der Waals surface area contributed by atoms with Crippen molar-refractivity contribution in [3.63, 3.8) is 0 Å².